The van der Waals surface area contributed by atoms with Gasteiger partial charge in [-0.05, 0) is 32.4 Å². The molecule has 1 amide bonds. The van der Waals surface area contributed by atoms with Crippen molar-refractivity contribution in [3.05, 3.63) is 68.8 Å². The van der Waals surface area contributed by atoms with Crippen molar-refractivity contribution in [2.45, 2.75) is 38.8 Å². The molecule has 34 heavy (non-hydrogen) atoms. The number of alkyl carbamates (subject to hydrolysis) is 1. The van der Waals surface area contributed by atoms with E-state index in [1.54, 1.807) is 0 Å². The van der Waals surface area contributed by atoms with Crippen LogP contribution in [0, 0.1) is 45.0 Å². The number of benzene rings is 2. The topological polar surface area (TPSA) is 108 Å². The van der Waals surface area contributed by atoms with E-state index in [-0.39, 0.29) is 5.56 Å². The highest BCUT2D eigenvalue weighted by Gasteiger charge is 2.32. The van der Waals surface area contributed by atoms with Crippen molar-refractivity contribution in [3.63, 3.8) is 0 Å². The van der Waals surface area contributed by atoms with E-state index in [2.05, 4.69) is 4.74 Å². The first-order valence-corrected chi connectivity index (χ1v) is 9.27. The summed E-state index contributed by atoms with van der Waals surface area (Å²) >= 11 is 0. The number of nitro groups is 1. The molecule has 14 heteroatoms. The van der Waals surface area contributed by atoms with Gasteiger partial charge in [0.1, 0.15) is 11.6 Å². The molecule has 8 nitrogen and oxygen atoms in total. The first-order chi connectivity index (χ1) is 15.6. The molecule has 1 atom stereocenters. The van der Waals surface area contributed by atoms with E-state index in [4.69, 9.17) is 4.74 Å². The van der Waals surface area contributed by atoms with Crippen molar-refractivity contribution in [1.29, 1.82) is 0 Å². The molecule has 0 fully saturated rings. The molecule has 0 bridgehead atoms. The van der Waals surface area contributed by atoms with Gasteiger partial charge in [-0.1, -0.05) is 6.07 Å². The van der Waals surface area contributed by atoms with Gasteiger partial charge in [0.15, 0.2) is 0 Å². The Labute approximate surface area is 187 Å². The third-order valence-electron chi connectivity index (χ3n) is 3.99. The minimum absolute atomic E-state index is 0.122. The summed E-state index contributed by atoms with van der Waals surface area (Å²) in [4.78, 5) is 34.5. The highest BCUT2D eigenvalue weighted by Crippen LogP contribution is 2.29. The SMILES string of the molecule is CC(C)(C)OC(=O)N[C@H](Cc1ccc(F)c([N+](=O)[O-])c1)C(=O)Oc1c(F)c(F)c(F)c(F)c1F. The number of hydrogen-bond donors (Lipinski definition) is 1. The molecule has 2 aromatic rings. The van der Waals surface area contributed by atoms with Gasteiger partial charge >= 0.3 is 17.7 Å². The fourth-order valence-corrected chi connectivity index (χ4v) is 2.55. The smallest absolute Gasteiger partial charge is 0.408 e. The van der Waals surface area contributed by atoms with E-state index < -0.39 is 81.4 Å². The Balaban J connectivity index is 2.42. The van der Waals surface area contributed by atoms with Gasteiger partial charge in [-0.3, -0.25) is 10.1 Å². The van der Waals surface area contributed by atoms with Gasteiger partial charge in [-0.25, -0.2) is 22.8 Å². The number of nitrogens with one attached hydrogen (secondary N) is 1. The van der Waals surface area contributed by atoms with E-state index >= 15 is 0 Å². The normalized spacial score (nSPS) is 12.1. The average molecular weight is 494 g/mol. The largest absolute Gasteiger partial charge is 0.444 e. The molecule has 1 N–H and O–H groups in total. The maximum absolute atomic E-state index is 13.9. The van der Waals surface area contributed by atoms with Gasteiger partial charge in [0.05, 0.1) is 4.92 Å². The van der Waals surface area contributed by atoms with Gasteiger partial charge in [0.2, 0.25) is 40.7 Å². The van der Waals surface area contributed by atoms with Crippen LogP contribution in [0.4, 0.5) is 36.8 Å². The fraction of sp³-hybridized carbons (Fsp3) is 0.300. The summed E-state index contributed by atoms with van der Waals surface area (Å²) in [7, 11) is 0. The first kappa shape index (κ1) is 26.4. The maximum atomic E-state index is 13.9. The molecule has 0 aliphatic heterocycles. The van der Waals surface area contributed by atoms with E-state index in [1.807, 2.05) is 5.32 Å². The number of hydrogen-bond acceptors (Lipinski definition) is 6. The van der Waals surface area contributed by atoms with E-state index in [9.17, 15) is 46.0 Å². The maximum Gasteiger partial charge on any atom is 0.408 e. The van der Waals surface area contributed by atoms with Gasteiger partial charge in [0.25, 0.3) is 0 Å². The monoisotopic (exact) mass is 494 g/mol. The average Bonchev–Trinajstić information content (AvgIpc) is 2.73. The van der Waals surface area contributed by atoms with Crippen LogP contribution in [0.3, 0.4) is 0 Å². The van der Waals surface area contributed by atoms with E-state index in [0.29, 0.717) is 12.1 Å². The van der Waals surface area contributed by atoms with Crippen LogP contribution >= 0.6 is 0 Å². The van der Waals surface area contributed by atoms with Crippen molar-refractivity contribution in [3.8, 4) is 5.75 Å². The van der Waals surface area contributed by atoms with Gasteiger partial charge in [0, 0.05) is 12.5 Å². The predicted molar refractivity (Wildman–Crippen MR) is 102 cm³/mol. The van der Waals surface area contributed by atoms with Crippen LogP contribution in [0.5, 0.6) is 5.75 Å². The van der Waals surface area contributed by atoms with Crippen molar-refractivity contribution in [2.24, 2.45) is 0 Å². The summed E-state index contributed by atoms with van der Waals surface area (Å²) < 4.78 is 90.7. The zero-order chi connectivity index (χ0) is 26.0. The number of esters is 1. The number of rotatable bonds is 6. The Bertz CT molecular complexity index is 1120. The number of halogens is 6. The van der Waals surface area contributed by atoms with E-state index in [1.165, 1.54) is 20.8 Å². The Hall–Kier alpha value is -3.84. The molecule has 0 heterocycles. The second-order valence-corrected chi connectivity index (χ2v) is 7.77. The predicted octanol–water partition coefficient (Wildman–Crippen LogP) is 4.47. The summed E-state index contributed by atoms with van der Waals surface area (Å²) in [6.45, 7) is 4.37. The highest BCUT2D eigenvalue weighted by molar-refractivity contribution is 5.83. The Morgan fingerprint density at radius 1 is 1.00 bits per heavy atom. The molecule has 0 aromatic heterocycles. The van der Waals surface area contributed by atoms with Gasteiger partial charge < -0.3 is 14.8 Å². The van der Waals surface area contributed by atoms with Crippen LogP contribution in [-0.4, -0.2) is 28.6 Å². The molecular weight excluding hydrogens is 478 g/mol. The lowest BCUT2D eigenvalue weighted by molar-refractivity contribution is -0.387. The Morgan fingerprint density at radius 2 is 1.53 bits per heavy atom. The lowest BCUT2D eigenvalue weighted by Crippen LogP contribution is -2.46. The lowest BCUT2D eigenvalue weighted by Gasteiger charge is -2.23. The number of ether oxygens (including phenoxy) is 2. The first-order valence-electron chi connectivity index (χ1n) is 9.27. The molecule has 2 rings (SSSR count). The zero-order valence-electron chi connectivity index (χ0n) is 17.7. The number of carbonyl (C=O) groups is 2. The Kier molecular flexibility index (Phi) is 7.74. The summed E-state index contributed by atoms with van der Waals surface area (Å²) in [6.07, 6.45) is -1.92. The minimum atomic E-state index is -2.49. The molecule has 0 aliphatic rings. The second kappa shape index (κ2) is 9.97. The summed E-state index contributed by atoms with van der Waals surface area (Å²) in [5, 5.41) is 12.9. The van der Waals surface area contributed by atoms with Crippen molar-refractivity contribution in [2.75, 3.05) is 0 Å². The van der Waals surface area contributed by atoms with Crippen LogP contribution in [-0.2, 0) is 16.0 Å². The molecule has 184 valence electrons. The van der Waals surface area contributed by atoms with Crippen molar-refractivity contribution >= 4 is 17.7 Å². The molecule has 0 unspecified atom stereocenters. The van der Waals surface area contributed by atoms with Crippen molar-refractivity contribution in [1.82, 2.24) is 5.32 Å². The number of nitrogens with zero attached hydrogens (tertiary/aromatic N) is 1. The number of carbonyl (C=O) groups excluding carboxylic acids is 2. The minimum Gasteiger partial charge on any atom is -0.444 e. The second-order valence-electron chi connectivity index (χ2n) is 7.77. The van der Waals surface area contributed by atoms with E-state index in [0.717, 1.165) is 6.07 Å². The lowest BCUT2D eigenvalue weighted by atomic mass is 10.0. The van der Waals surface area contributed by atoms with Crippen LogP contribution in [0.15, 0.2) is 18.2 Å². The fourth-order valence-electron chi connectivity index (χ4n) is 2.55. The third kappa shape index (κ3) is 6.14. The molecule has 0 radical (unpaired) electrons. The summed E-state index contributed by atoms with van der Waals surface area (Å²) in [6, 6.07) is 0.491. The van der Waals surface area contributed by atoms with Crippen LogP contribution in [0.25, 0.3) is 0 Å². The quantitative estimate of drug-likeness (QED) is 0.121. The van der Waals surface area contributed by atoms with Gasteiger partial charge in [-0.15, -0.1) is 0 Å². The summed E-state index contributed by atoms with van der Waals surface area (Å²) in [5.74, 6) is -17.0. The van der Waals surface area contributed by atoms with Crippen LogP contribution in [0.1, 0.15) is 26.3 Å². The van der Waals surface area contributed by atoms with Gasteiger partial charge in [-0.2, -0.15) is 13.2 Å². The molecule has 0 saturated heterocycles. The number of nitro benzene ring substituents is 1. The summed E-state index contributed by atoms with van der Waals surface area (Å²) in [5.41, 5.74) is -2.18. The third-order valence-corrected chi connectivity index (χ3v) is 3.99. The van der Waals surface area contributed by atoms with Crippen LogP contribution in [0.2, 0.25) is 0 Å². The molecule has 0 spiro atoms. The van der Waals surface area contributed by atoms with Crippen LogP contribution < -0.4 is 10.1 Å². The molecular formula is C20H16F6N2O6. The molecule has 2 aromatic carbocycles. The molecule has 0 aliphatic carbocycles. The Morgan fingerprint density at radius 3 is 2.03 bits per heavy atom. The zero-order valence-corrected chi connectivity index (χ0v) is 17.7. The standard InChI is InChI=1S/C20H16F6N2O6/c1-20(2,3)34-19(30)27-10(6-8-4-5-9(21)11(7-8)28(31)32)18(29)33-17-15(25)13(23)12(22)14(24)16(17)26/h4-5,7,10H,6H2,1-3H3,(H,27,30)/t10-/m1/s1. The van der Waals surface area contributed by atoms with Crippen molar-refractivity contribution < 1.29 is 50.3 Å². The highest BCUT2D eigenvalue weighted by atomic mass is 19.2. The number of amides is 1. The molecule has 0 saturated carbocycles.